The van der Waals surface area contributed by atoms with Crippen molar-refractivity contribution in [2.24, 2.45) is 0 Å². The predicted molar refractivity (Wildman–Crippen MR) is 66.3 cm³/mol. The van der Waals surface area contributed by atoms with Crippen molar-refractivity contribution >= 4 is 21.6 Å². The SMILES string of the molecule is CC1(O)CCN(c2cccc(Br)c2C#N)C1. The molecule has 0 aliphatic carbocycles. The number of anilines is 1. The Labute approximate surface area is 103 Å². The molecular weight excluding hydrogens is 268 g/mol. The zero-order valence-corrected chi connectivity index (χ0v) is 10.7. The Bertz CT molecular complexity index is 451. The summed E-state index contributed by atoms with van der Waals surface area (Å²) in [6.07, 6.45) is 0.740. The van der Waals surface area contributed by atoms with Gasteiger partial charge < -0.3 is 10.0 Å². The number of rotatable bonds is 1. The molecule has 1 saturated heterocycles. The first-order valence-corrected chi connectivity index (χ1v) is 5.99. The van der Waals surface area contributed by atoms with Crippen LogP contribution in [0.5, 0.6) is 0 Å². The number of halogens is 1. The number of nitriles is 1. The second-order valence-corrected chi connectivity index (χ2v) is 5.27. The lowest BCUT2D eigenvalue weighted by atomic mass is 10.1. The lowest BCUT2D eigenvalue weighted by Crippen LogP contribution is -2.29. The molecule has 1 aromatic carbocycles. The molecule has 1 aliphatic heterocycles. The second kappa shape index (κ2) is 4.08. The fraction of sp³-hybridized carbons (Fsp3) is 0.417. The molecule has 1 fully saturated rings. The summed E-state index contributed by atoms with van der Waals surface area (Å²) in [4.78, 5) is 2.06. The number of β-amino-alcohol motifs (C(OH)–C–C–N with tert-alkyl or cyclic N) is 1. The Hall–Kier alpha value is -1.05. The zero-order chi connectivity index (χ0) is 11.8. The maximum Gasteiger partial charge on any atom is 0.103 e. The van der Waals surface area contributed by atoms with Crippen molar-refractivity contribution in [3.63, 3.8) is 0 Å². The molecule has 4 heteroatoms. The lowest BCUT2D eigenvalue weighted by molar-refractivity contribution is 0.0839. The van der Waals surface area contributed by atoms with Crippen LogP contribution in [-0.2, 0) is 0 Å². The molecular formula is C12H13BrN2O. The molecule has 1 atom stereocenters. The van der Waals surface area contributed by atoms with Crippen LogP contribution in [0.2, 0.25) is 0 Å². The van der Waals surface area contributed by atoms with Crippen LogP contribution in [0.1, 0.15) is 18.9 Å². The Morgan fingerprint density at radius 3 is 2.88 bits per heavy atom. The van der Waals surface area contributed by atoms with E-state index in [1.54, 1.807) is 0 Å². The van der Waals surface area contributed by atoms with Crippen molar-refractivity contribution in [3.05, 3.63) is 28.2 Å². The third-order valence-electron chi connectivity index (χ3n) is 2.90. The Balaban J connectivity index is 2.36. The monoisotopic (exact) mass is 280 g/mol. The molecule has 1 aromatic rings. The summed E-state index contributed by atoms with van der Waals surface area (Å²) in [7, 11) is 0. The summed E-state index contributed by atoms with van der Waals surface area (Å²) in [5.41, 5.74) is 0.893. The fourth-order valence-electron chi connectivity index (χ4n) is 2.04. The second-order valence-electron chi connectivity index (χ2n) is 4.41. The Morgan fingerprint density at radius 1 is 1.56 bits per heavy atom. The van der Waals surface area contributed by atoms with Crippen molar-refractivity contribution < 1.29 is 5.11 Å². The van der Waals surface area contributed by atoms with E-state index in [-0.39, 0.29) is 0 Å². The molecule has 16 heavy (non-hydrogen) atoms. The first kappa shape index (κ1) is 11.4. The van der Waals surface area contributed by atoms with Crippen LogP contribution in [0.25, 0.3) is 0 Å². The highest BCUT2D eigenvalue weighted by Gasteiger charge is 2.32. The molecule has 0 spiro atoms. The van der Waals surface area contributed by atoms with Gasteiger partial charge in [0.2, 0.25) is 0 Å². The van der Waals surface area contributed by atoms with Crippen LogP contribution >= 0.6 is 15.9 Å². The van der Waals surface area contributed by atoms with Crippen molar-refractivity contribution in [2.45, 2.75) is 18.9 Å². The van der Waals surface area contributed by atoms with Gasteiger partial charge in [0.15, 0.2) is 0 Å². The van der Waals surface area contributed by atoms with Gasteiger partial charge in [0.25, 0.3) is 0 Å². The third kappa shape index (κ3) is 2.06. The molecule has 0 saturated carbocycles. The summed E-state index contributed by atoms with van der Waals surface area (Å²) >= 11 is 3.37. The predicted octanol–water partition coefficient (Wildman–Crippen LogP) is 2.28. The van der Waals surface area contributed by atoms with Gasteiger partial charge in [-0.1, -0.05) is 6.07 Å². The van der Waals surface area contributed by atoms with Gasteiger partial charge in [0, 0.05) is 17.6 Å². The molecule has 0 aromatic heterocycles. The molecule has 2 rings (SSSR count). The molecule has 0 amide bonds. The van der Waals surface area contributed by atoms with Crippen LogP contribution in [0.15, 0.2) is 22.7 Å². The van der Waals surface area contributed by atoms with E-state index in [1.807, 2.05) is 25.1 Å². The quantitative estimate of drug-likeness (QED) is 0.859. The smallest absolute Gasteiger partial charge is 0.103 e. The third-order valence-corrected chi connectivity index (χ3v) is 3.56. The minimum atomic E-state index is -0.644. The number of hydrogen-bond donors (Lipinski definition) is 1. The van der Waals surface area contributed by atoms with E-state index in [0.29, 0.717) is 12.1 Å². The summed E-state index contributed by atoms with van der Waals surface area (Å²) in [6.45, 7) is 3.20. The van der Waals surface area contributed by atoms with Gasteiger partial charge in [-0.05, 0) is 41.4 Å². The average molecular weight is 281 g/mol. The van der Waals surface area contributed by atoms with Crippen molar-refractivity contribution in [1.82, 2.24) is 0 Å². The van der Waals surface area contributed by atoms with E-state index < -0.39 is 5.60 Å². The fourth-order valence-corrected chi connectivity index (χ4v) is 2.48. The zero-order valence-electron chi connectivity index (χ0n) is 9.07. The van der Waals surface area contributed by atoms with E-state index in [9.17, 15) is 5.11 Å². The van der Waals surface area contributed by atoms with Crippen molar-refractivity contribution in [2.75, 3.05) is 18.0 Å². The van der Waals surface area contributed by atoms with Gasteiger partial charge in [0.1, 0.15) is 6.07 Å². The van der Waals surface area contributed by atoms with Crippen LogP contribution in [-0.4, -0.2) is 23.8 Å². The molecule has 1 unspecified atom stereocenters. The van der Waals surface area contributed by atoms with Crippen molar-refractivity contribution in [1.29, 1.82) is 5.26 Å². The first-order chi connectivity index (χ1) is 7.53. The lowest BCUT2D eigenvalue weighted by Gasteiger charge is -2.22. The maximum absolute atomic E-state index is 9.92. The first-order valence-electron chi connectivity index (χ1n) is 5.19. The highest BCUT2D eigenvalue weighted by atomic mass is 79.9. The van der Waals surface area contributed by atoms with Crippen LogP contribution in [0.3, 0.4) is 0 Å². The van der Waals surface area contributed by atoms with E-state index in [2.05, 4.69) is 26.9 Å². The molecule has 0 bridgehead atoms. The highest BCUT2D eigenvalue weighted by molar-refractivity contribution is 9.10. The van der Waals surface area contributed by atoms with E-state index >= 15 is 0 Å². The Morgan fingerprint density at radius 2 is 2.31 bits per heavy atom. The summed E-state index contributed by atoms with van der Waals surface area (Å²) in [6, 6.07) is 7.89. The number of aliphatic hydroxyl groups is 1. The number of nitrogens with zero attached hydrogens (tertiary/aromatic N) is 2. The minimum absolute atomic E-state index is 0.581. The minimum Gasteiger partial charge on any atom is -0.388 e. The summed E-state index contributed by atoms with van der Waals surface area (Å²) in [5.74, 6) is 0. The average Bonchev–Trinajstić information content (AvgIpc) is 2.58. The summed E-state index contributed by atoms with van der Waals surface area (Å²) < 4.78 is 0.805. The Kier molecular flexibility index (Phi) is 2.92. The molecule has 3 nitrogen and oxygen atoms in total. The van der Waals surface area contributed by atoms with Gasteiger partial charge in [0.05, 0.1) is 16.9 Å². The van der Waals surface area contributed by atoms with Gasteiger partial charge in [-0.25, -0.2) is 0 Å². The number of hydrogen-bond acceptors (Lipinski definition) is 3. The van der Waals surface area contributed by atoms with E-state index in [1.165, 1.54) is 0 Å². The van der Waals surface area contributed by atoms with Gasteiger partial charge in [-0.15, -0.1) is 0 Å². The standard InChI is InChI=1S/C12H13BrN2O/c1-12(16)5-6-15(8-12)11-4-2-3-10(13)9(11)7-14/h2-4,16H,5-6,8H2,1H3. The van der Waals surface area contributed by atoms with Gasteiger partial charge in [-0.3, -0.25) is 0 Å². The normalized spacial score (nSPS) is 24.5. The van der Waals surface area contributed by atoms with E-state index in [4.69, 9.17) is 5.26 Å². The molecule has 1 heterocycles. The molecule has 84 valence electrons. The van der Waals surface area contributed by atoms with Crippen LogP contribution in [0, 0.1) is 11.3 Å². The molecule has 0 radical (unpaired) electrons. The topological polar surface area (TPSA) is 47.3 Å². The summed E-state index contributed by atoms with van der Waals surface area (Å²) in [5, 5.41) is 19.0. The van der Waals surface area contributed by atoms with Gasteiger partial charge in [-0.2, -0.15) is 5.26 Å². The number of benzene rings is 1. The van der Waals surface area contributed by atoms with Gasteiger partial charge >= 0.3 is 0 Å². The molecule has 1 N–H and O–H groups in total. The van der Waals surface area contributed by atoms with Crippen molar-refractivity contribution in [3.8, 4) is 6.07 Å². The highest BCUT2D eigenvalue weighted by Crippen LogP contribution is 2.32. The maximum atomic E-state index is 9.92. The molecule has 1 aliphatic rings. The van der Waals surface area contributed by atoms with E-state index in [0.717, 1.165) is 23.1 Å². The van der Waals surface area contributed by atoms with Crippen LogP contribution < -0.4 is 4.90 Å². The van der Waals surface area contributed by atoms with Crippen LogP contribution in [0.4, 0.5) is 5.69 Å². The largest absolute Gasteiger partial charge is 0.388 e.